The number of nitrogens with one attached hydrogen (secondary N) is 1. The highest BCUT2D eigenvalue weighted by Crippen LogP contribution is 2.28. The maximum Gasteiger partial charge on any atom is 0.573 e. The van der Waals surface area contributed by atoms with Gasteiger partial charge in [0.15, 0.2) is 10.6 Å². The van der Waals surface area contributed by atoms with E-state index in [-0.39, 0.29) is 5.75 Å². The lowest BCUT2D eigenvalue weighted by Gasteiger charge is -2.16. The number of ether oxygens (including phenoxy) is 2. The van der Waals surface area contributed by atoms with Crippen molar-refractivity contribution in [3.8, 4) is 34.3 Å². The molecule has 45 heavy (non-hydrogen) atoms. The van der Waals surface area contributed by atoms with E-state index in [9.17, 15) is 13.2 Å². The molecule has 2 aromatic heterocycles. The number of alkyl halides is 3. The van der Waals surface area contributed by atoms with Crippen LogP contribution in [0, 0.1) is 6.92 Å². The second-order valence-electron chi connectivity index (χ2n) is 10.7. The Bertz CT molecular complexity index is 1770. The second-order valence-corrected chi connectivity index (χ2v) is 11.6. The predicted molar refractivity (Wildman–Crippen MR) is 169 cm³/mol. The van der Waals surface area contributed by atoms with Gasteiger partial charge in [0.25, 0.3) is 0 Å². The molecule has 0 aliphatic heterocycles. The van der Waals surface area contributed by atoms with Gasteiger partial charge in [0.1, 0.15) is 17.8 Å². The quantitative estimate of drug-likeness (QED) is 0.147. The number of methoxy groups -OCH3 is 1. The molecule has 12 heteroatoms. The van der Waals surface area contributed by atoms with Crippen LogP contribution in [0.4, 0.5) is 13.2 Å². The highest BCUT2D eigenvalue weighted by atomic mass is 32.1. The van der Waals surface area contributed by atoms with Crippen LogP contribution in [0.15, 0.2) is 83.4 Å². The van der Waals surface area contributed by atoms with Gasteiger partial charge in [-0.25, -0.2) is 14.7 Å². The van der Waals surface area contributed by atoms with Crippen molar-refractivity contribution in [3.05, 3.63) is 100 Å². The summed E-state index contributed by atoms with van der Waals surface area (Å²) in [4.78, 5) is 10.2. The van der Waals surface area contributed by atoms with Crippen LogP contribution in [0.5, 0.6) is 11.5 Å². The maximum absolute atomic E-state index is 12.4. The van der Waals surface area contributed by atoms with Crippen LogP contribution in [0.2, 0.25) is 0 Å². The summed E-state index contributed by atoms with van der Waals surface area (Å²) < 4.78 is 50.3. The molecule has 0 atom stereocenters. The minimum atomic E-state index is -4.73. The zero-order valence-corrected chi connectivity index (χ0v) is 26.3. The lowest BCUT2D eigenvalue weighted by molar-refractivity contribution is -0.274. The van der Waals surface area contributed by atoms with Gasteiger partial charge in [-0.3, -0.25) is 9.88 Å². The standard InChI is InChI=1S/C33H35F3N6O2S/c1-22(2)29-18-28(43-4)15-16-30(29)42-23(3)19-45-32(42)38-20-37-17-5-6-24-7-9-25(10-8-24)31-39-21-41(40-31)26-11-13-27(14-12-26)44-33(34,35)36/h7-16,18-19,21-22,37H,5-6,17,20H2,1-4H3. The average Bonchev–Trinajstić information content (AvgIpc) is 3.65. The van der Waals surface area contributed by atoms with E-state index < -0.39 is 6.36 Å². The Morgan fingerprint density at radius 3 is 2.42 bits per heavy atom. The maximum atomic E-state index is 12.4. The molecule has 1 N–H and O–H groups in total. The van der Waals surface area contributed by atoms with E-state index in [0.717, 1.165) is 46.9 Å². The minimum absolute atomic E-state index is 0.289. The molecular weight excluding hydrogens is 601 g/mol. The largest absolute Gasteiger partial charge is 0.573 e. The topological polar surface area (TPSA) is 78.5 Å². The van der Waals surface area contributed by atoms with E-state index in [1.807, 2.05) is 18.2 Å². The Morgan fingerprint density at radius 1 is 1.00 bits per heavy atom. The number of hydrogen-bond acceptors (Lipinski definition) is 7. The van der Waals surface area contributed by atoms with Crippen molar-refractivity contribution in [3.63, 3.8) is 0 Å². The number of benzene rings is 3. The Labute approximate surface area is 263 Å². The first-order chi connectivity index (χ1) is 21.6. The molecule has 0 spiro atoms. The van der Waals surface area contributed by atoms with Gasteiger partial charge in [-0.15, -0.1) is 29.6 Å². The molecule has 0 radical (unpaired) electrons. The third kappa shape index (κ3) is 8.20. The first-order valence-corrected chi connectivity index (χ1v) is 15.4. The van der Waals surface area contributed by atoms with Crippen molar-refractivity contribution in [2.24, 2.45) is 4.99 Å². The first-order valence-electron chi connectivity index (χ1n) is 14.5. The summed E-state index contributed by atoms with van der Waals surface area (Å²) >= 11 is 1.63. The molecule has 3 aromatic carbocycles. The number of nitrogens with zero attached hydrogens (tertiary/aromatic N) is 5. The van der Waals surface area contributed by atoms with Crippen molar-refractivity contribution >= 4 is 11.3 Å². The minimum Gasteiger partial charge on any atom is -0.497 e. The van der Waals surface area contributed by atoms with Crippen LogP contribution in [0.3, 0.4) is 0 Å². The molecular formula is C33H35F3N6O2S. The molecule has 5 rings (SSSR count). The summed E-state index contributed by atoms with van der Waals surface area (Å²) in [5.41, 5.74) is 6.11. The van der Waals surface area contributed by atoms with E-state index >= 15 is 0 Å². The van der Waals surface area contributed by atoms with Crippen LogP contribution < -0.4 is 19.6 Å². The van der Waals surface area contributed by atoms with E-state index in [2.05, 4.69) is 75.1 Å². The Balaban J connectivity index is 1.13. The SMILES string of the molecule is COc1ccc(-n2c(C)csc2=NCNCCCc2ccc(-c3ncn(-c4ccc(OC(F)(F)F)cc4)n3)cc2)c(C(C)C)c1. The number of hydrogen-bond donors (Lipinski definition) is 1. The van der Waals surface area contributed by atoms with E-state index in [1.54, 1.807) is 18.4 Å². The summed E-state index contributed by atoms with van der Waals surface area (Å²) in [6.07, 6.45) is -1.35. The average molecular weight is 637 g/mol. The number of thiazole rings is 1. The molecule has 8 nitrogen and oxygen atoms in total. The fourth-order valence-corrected chi connectivity index (χ4v) is 5.75. The van der Waals surface area contributed by atoms with Crippen LogP contribution in [0.25, 0.3) is 22.8 Å². The molecule has 0 saturated heterocycles. The van der Waals surface area contributed by atoms with Crippen LogP contribution in [-0.4, -0.2) is 46.0 Å². The molecule has 0 bridgehead atoms. The summed E-state index contributed by atoms with van der Waals surface area (Å²) in [5.74, 6) is 1.43. The Morgan fingerprint density at radius 2 is 1.73 bits per heavy atom. The van der Waals surface area contributed by atoms with Crippen molar-refractivity contribution in [1.29, 1.82) is 0 Å². The van der Waals surface area contributed by atoms with Gasteiger partial charge in [0.2, 0.25) is 0 Å². The summed E-state index contributed by atoms with van der Waals surface area (Å²) in [5, 5.41) is 10.0. The van der Waals surface area contributed by atoms with Gasteiger partial charge >= 0.3 is 6.36 Å². The molecule has 0 unspecified atom stereocenters. The normalized spacial score (nSPS) is 12.2. The lowest BCUT2D eigenvalue weighted by atomic mass is 10.0. The number of halogens is 3. The zero-order valence-electron chi connectivity index (χ0n) is 25.5. The zero-order chi connectivity index (χ0) is 32.0. The van der Waals surface area contributed by atoms with Gasteiger partial charge in [-0.2, -0.15) is 0 Å². The fourth-order valence-electron chi connectivity index (χ4n) is 4.88. The highest BCUT2D eigenvalue weighted by molar-refractivity contribution is 7.07. The Kier molecular flexibility index (Phi) is 10.0. The van der Waals surface area contributed by atoms with Gasteiger partial charge in [0, 0.05) is 16.6 Å². The van der Waals surface area contributed by atoms with Crippen molar-refractivity contribution in [1.82, 2.24) is 24.6 Å². The third-order valence-electron chi connectivity index (χ3n) is 7.16. The van der Waals surface area contributed by atoms with Gasteiger partial charge in [0.05, 0.1) is 25.2 Å². The summed E-state index contributed by atoms with van der Waals surface area (Å²) in [6.45, 7) is 7.82. The Hall–Kier alpha value is -4.42. The third-order valence-corrected chi connectivity index (χ3v) is 8.14. The molecule has 2 heterocycles. The monoisotopic (exact) mass is 636 g/mol. The number of aryl methyl sites for hydroxylation is 2. The molecule has 0 amide bonds. The molecule has 0 fully saturated rings. The smallest absolute Gasteiger partial charge is 0.497 e. The van der Waals surface area contributed by atoms with Crippen LogP contribution in [-0.2, 0) is 6.42 Å². The van der Waals surface area contributed by atoms with E-state index in [0.29, 0.717) is 24.1 Å². The first kappa shape index (κ1) is 32.0. The van der Waals surface area contributed by atoms with Crippen LogP contribution in [0.1, 0.15) is 43.0 Å². The molecule has 0 saturated carbocycles. The molecule has 0 aliphatic carbocycles. The predicted octanol–water partition coefficient (Wildman–Crippen LogP) is 7.21. The molecule has 5 aromatic rings. The number of aromatic nitrogens is 4. The van der Waals surface area contributed by atoms with E-state index in [1.165, 1.54) is 46.4 Å². The number of rotatable bonds is 12. The fraction of sp³-hybridized carbons (Fsp3) is 0.303. The van der Waals surface area contributed by atoms with Crippen molar-refractivity contribution < 1.29 is 22.6 Å². The molecule has 0 aliphatic rings. The van der Waals surface area contributed by atoms with E-state index in [4.69, 9.17) is 9.73 Å². The van der Waals surface area contributed by atoms with Gasteiger partial charge < -0.3 is 9.47 Å². The highest BCUT2D eigenvalue weighted by Gasteiger charge is 2.31. The van der Waals surface area contributed by atoms with Crippen molar-refractivity contribution in [2.45, 2.75) is 45.9 Å². The summed E-state index contributed by atoms with van der Waals surface area (Å²) in [6, 6.07) is 19.7. The lowest BCUT2D eigenvalue weighted by Crippen LogP contribution is -2.22. The van der Waals surface area contributed by atoms with Crippen molar-refractivity contribution in [2.75, 3.05) is 20.3 Å². The summed E-state index contributed by atoms with van der Waals surface area (Å²) in [7, 11) is 1.69. The second kappa shape index (κ2) is 14.1. The van der Waals surface area contributed by atoms with Crippen LogP contribution >= 0.6 is 11.3 Å². The molecule has 236 valence electrons. The van der Waals surface area contributed by atoms with Gasteiger partial charge in [-0.05, 0) is 85.8 Å². The van der Waals surface area contributed by atoms with Gasteiger partial charge in [-0.1, -0.05) is 38.1 Å².